The van der Waals surface area contributed by atoms with Gasteiger partial charge in [0.05, 0.1) is 22.5 Å². The maximum atomic E-state index is 12.5. The summed E-state index contributed by atoms with van der Waals surface area (Å²) in [5.74, 6) is 0.791. The fourth-order valence-electron chi connectivity index (χ4n) is 2.64. The van der Waals surface area contributed by atoms with Crippen LogP contribution in [0.5, 0.6) is 5.75 Å². The molecule has 0 aliphatic carbocycles. The highest BCUT2D eigenvalue weighted by atomic mass is 32.2. The first kappa shape index (κ1) is 13.9. The van der Waals surface area contributed by atoms with E-state index in [1.165, 1.54) is 12.1 Å². The van der Waals surface area contributed by atoms with Gasteiger partial charge in [-0.25, -0.2) is 13.2 Å². The van der Waals surface area contributed by atoms with E-state index in [1.54, 1.807) is 24.3 Å². The minimum atomic E-state index is -3.74. The van der Waals surface area contributed by atoms with Gasteiger partial charge < -0.3 is 14.7 Å². The molecular formula is C15H13N3O4S. The number of hydrogen-bond donors (Lipinski definition) is 3. The largest absolute Gasteiger partial charge is 0.493 e. The molecule has 0 saturated heterocycles. The highest BCUT2D eigenvalue weighted by molar-refractivity contribution is 7.92. The molecule has 0 atom stereocenters. The molecule has 0 saturated carbocycles. The smallest absolute Gasteiger partial charge is 0.323 e. The van der Waals surface area contributed by atoms with Crippen molar-refractivity contribution in [1.82, 2.24) is 9.97 Å². The van der Waals surface area contributed by atoms with Gasteiger partial charge in [0.1, 0.15) is 5.75 Å². The van der Waals surface area contributed by atoms with Crippen LogP contribution in [0.25, 0.3) is 11.0 Å². The monoisotopic (exact) mass is 331 g/mol. The fourth-order valence-corrected chi connectivity index (χ4v) is 3.72. The Kier molecular flexibility index (Phi) is 2.95. The molecule has 1 aromatic heterocycles. The summed E-state index contributed by atoms with van der Waals surface area (Å²) >= 11 is 0. The van der Waals surface area contributed by atoms with Crippen molar-refractivity contribution in [3.8, 4) is 5.75 Å². The number of hydrogen-bond acceptors (Lipinski definition) is 4. The topological polar surface area (TPSA) is 104 Å². The Morgan fingerprint density at radius 3 is 2.74 bits per heavy atom. The number of rotatable bonds is 3. The predicted octanol–water partition coefficient (Wildman–Crippen LogP) is 1.59. The van der Waals surface area contributed by atoms with Gasteiger partial charge in [-0.05, 0) is 42.0 Å². The lowest BCUT2D eigenvalue weighted by Gasteiger charge is -2.09. The first-order valence-corrected chi connectivity index (χ1v) is 8.50. The number of ether oxygens (including phenoxy) is 1. The van der Waals surface area contributed by atoms with E-state index >= 15 is 0 Å². The Bertz CT molecular complexity index is 1070. The van der Waals surface area contributed by atoms with Crippen molar-refractivity contribution in [3.05, 3.63) is 52.4 Å². The average Bonchev–Trinajstić information content (AvgIpc) is 3.10. The molecule has 4 rings (SSSR count). The fraction of sp³-hybridized carbons (Fsp3) is 0.133. The molecule has 0 amide bonds. The molecule has 0 spiro atoms. The van der Waals surface area contributed by atoms with Crippen molar-refractivity contribution in [1.29, 1.82) is 0 Å². The highest BCUT2D eigenvalue weighted by Crippen LogP contribution is 2.29. The number of anilines is 1. The van der Waals surface area contributed by atoms with E-state index in [0.29, 0.717) is 23.3 Å². The molecule has 0 fully saturated rings. The van der Waals surface area contributed by atoms with Crippen LogP contribution in [0.15, 0.2) is 46.1 Å². The maximum Gasteiger partial charge on any atom is 0.323 e. The number of aromatic nitrogens is 2. The highest BCUT2D eigenvalue weighted by Gasteiger charge is 2.18. The zero-order valence-electron chi connectivity index (χ0n) is 11.9. The van der Waals surface area contributed by atoms with E-state index in [1.807, 2.05) is 0 Å². The molecule has 1 aliphatic rings. The van der Waals surface area contributed by atoms with Crippen molar-refractivity contribution in [2.45, 2.75) is 11.3 Å². The molecule has 2 heterocycles. The number of fused-ring (bicyclic) bond motifs is 2. The Balaban J connectivity index is 1.69. The quantitative estimate of drug-likeness (QED) is 0.678. The first-order chi connectivity index (χ1) is 11.0. The molecule has 23 heavy (non-hydrogen) atoms. The summed E-state index contributed by atoms with van der Waals surface area (Å²) < 4.78 is 33.0. The molecule has 3 N–H and O–H groups in total. The molecule has 0 unspecified atom stereocenters. The van der Waals surface area contributed by atoms with Crippen LogP contribution in [0.3, 0.4) is 0 Å². The van der Waals surface area contributed by atoms with Gasteiger partial charge in [-0.15, -0.1) is 0 Å². The molecule has 3 aromatic rings. The van der Waals surface area contributed by atoms with E-state index in [4.69, 9.17) is 4.74 Å². The second-order valence-electron chi connectivity index (χ2n) is 5.31. The number of nitrogens with one attached hydrogen (secondary N) is 3. The van der Waals surface area contributed by atoms with Crippen molar-refractivity contribution < 1.29 is 13.2 Å². The Morgan fingerprint density at radius 2 is 1.87 bits per heavy atom. The number of imidazole rings is 1. The third kappa shape index (κ3) is 2.46. The van der Waals surface area contributed by atoms with Crippen LogP contribution in [0.4, 0.5) is 5.69 Å². The van der Waals surface area contributed by atoms with Gasteiger partial charge in [0.15, 0.2) is 0 Å². The Morgan fingerprint density at radius 1 is 1.04 bits per heavy atom. The predicted molar refractivity (Wildman–Crippen MR) is 85.4 cm³/mol. The third-order valence-electron chi connectivity index (χ3n) is 3.74. The summed E-state index contributed by atoms with van der Waals surface area (Å²) in [7, 11) is -3.74. The summed E-state index contributed by atoms with van der Waals surface area (Å²) in [5.41, 5.74) is 2.09. The zero-order chi connectivity index (χ0) is 16.0. The van der Waals surface area contributed by atoms with E-state index in [-0.39, 0.29) is 10.6 Å². The van der Waals surface area contributed by atoms with Crippen LogP contribution in [0, 0.1) is 0 Å². The summed E-state index contributed by atoms with van der Waals surface area (Å²) in [6.07, 6.45) is 0.765. The number of benzene rings is 2. The summed E-state index contributed by atoms with van der Waals surface area (Å²) in [4.78, 5) is 16.5. The van der Waals surface area contributed by atoms with Crippen LogP contribution < -0.4 is 15.1 Å². The standard InChI is InChI=1S/C15H13N3O4S/c19-15-16-12-3-2-11(8-13(12)17-15)23(20,21)18-10-1-4-14-9(7-10)5-6-22-14/h1-4,7-8,18H,5-6H2,(H2,16,17,19). The summed E-state index contributed by atoms with van der Waals surface area (Å²) in [6.45, 7) is 0.614. The second-order valence-corrected chi connectivity index (χ2v) is 7.00. The zero-order valence-corrected chi connectivity index (χ0v) is 12.7. The van der Waals surface area contributed by atoms with Crippen LogP contribution in [-0.2, 0) is 16.4 Å². The molecule has 7 nitrogen and oxygen atoms in total. The first-order valence-electron chi connectivity index (χ1n) is 7.02. The van der Waals surface area contributed by atoms with E-state index in [0.717, 1.165) is 17.7 Å². The minimum Gasteiger partial charge on any atom is -0.493 e. The van der Waals surface area contributed by atoms with Crippen LogP contribution in [0.2, 0.25) is 0 Å². The Labute approximate surface area is 131 Å². The van der Waals surface area contributed by atoms with Crippen molar-refractivity contribution in [2.24, 2.45) is 0 Å². The van der Waals surface area contributed by atoms with Gasteiger partial charge in [-0.2, -0.15) is 0 Å². The number of H-pyrrole nitrogens is 2. The second kappa shape index (κ2) is 4.88. The molecule has 8 heteroatoms. The SMILES string of the molecule is O=c1[nH]c2ccc(S(=O)(=O)Nc3ccc4c(c3)CCO4)cc2[nH]1. The molecule has 118 valence electrons. The van der Waals surface area contributed by atoms with Gasteiger partial charge in [-0.3, -0.25) is 4.72 Å². The number of sulfonamides is 1. The Hall–Kier alpha value is -2.74. The third-order valence-corrected chi connectivity index (χ3v) is 5.12. The lowest BCUT2D eigenvalue weighted by molar-refractivity contribution is 0.357. The lowest BCUT2D eigenvalue weighted by atomic mass is 10.1. The lowest BCUT2D eigenvalue weighted by Crippen LogP contribution is -2.13. The van der Waals surface area contributed by atoms with Crippen molar-refractivity contribution in [3.63, 3.8) is 0 Å². The number of aromatic amines is 2. The van der Waals surface area contributed by atoms with E-state index in [2.05, 4.69) is 14.7 Å². The van der Waals surface area contributed by atoms with E-state index < -0.39 is 10.0 Å². The van der Waals surface area contributed by atoms with Crippen molar-refractivity contribution >= 4 is 26.7 Å². The van der Waals surface area contributed by atoms with Crippen LogP contribution in [-0.4, -0.2) is 25.0 Å². The van der Waals surface area contributed by atoms with Crippen LogP contribution >= 0.6 is 0 Å². The van der Waals surface area contributed by atoms with Gasteiger partial charge in [0.2, 0.25) is 0 Å². The normalized spacial score (nSPS) is 13.7. The summed E-state index contributed by atoms with van der Waals surface area (Å²) in [5, 5.41) is 0. The van der Waals surface area contributed by atoms with Gasteiger partial charge >= 0.3 is 5.69 Å². The van der Waals surface area contributed by atoms with Crippen molar-refractivity contribution in [2.75, 3.05) is 11.3 Å². The van der Waals surface area contributed by atoms with Gasteiger partial charge in [0.25, 0.3) is 10.0 Å². The molecular weight excluding hydrogens is 318 g/mol. The minimum absolute atomic E-state index is 0.0806. The van der Waals surface area contributed by atoms with Crippen LogP contribution in [0.1, 0.15) is 5.56 Å². The maximum absolute atomic E-state index is 12.5. The molecule has 1 aliphatic heterocycles. The summed E-state index contributed by atoms with van der Waals surface area (Å²) in [6, 6.07) is 9.62. The molecule has 0 radical (unpaired) electrons. The van der Waals surface area contributed by atoms with Gasteiger partial charge in [0, 0.05) is 12.1 Å². The van der Waals surface area contributed by atoms with E-state index in [9.17, 15) is 13.2 Å². The molecule has 2 aromatic carbocycles. The molecule has 0 bridgehead atoms. The average molecular weight is 331 g/mol. The van der Waals surface area contributed by atoms with Gasteiger partial charge in [-0.1, -0.05) is 0 Å².